The molecule has 3 aromatic rings. The fourth-order valence-corrected chi connectivity index (χ4v) is 3.47. The number of anilines is 2. The van der Waals surface area contributed by atoms with E-state index in [1.54, 1.807) is 19.3 Å². The molecule has 0 saturated carbocycles. The van der Waals surface area contributed by atoms with Crippen LogP contribution in [0.5, 0.6) is 0 Å². The average molecular weight is 415 g/mol. The summed E-state index contributed by atoms with van der Waals surface area (Å²) in [5, 5.41) is 5.91. The van der Waals surface area contributed by atoms with E-state index in [2.05, 4.69) is 20.6 Å². The first-order valence-corrected chi connectivity index (χ1v) is 9.86. The number of aromatic nitrogens is 2. The molecule has 1 saturated heterocycles. The molecule has 1 aliphatic heterocycles. The minimum atomic E-state index is -0.772. The van der Waals surface area contributed by atoms with Crippen LogP contribution in [0.2, 0.25) is 0 Å². The highest BCUT2D eigenvalue weighted by Gasteiger charge is 2.27. The minimum absolute atomic E-state index is 0.0215. The van der Waals surface area contributed by atoms with Gasteiger partial charge in [-0.1, -0.05) is 13.8 Å². The second kappa shape index (κ2) is 7.89. The molecule has 4 rings (SSSR count). The van der Waals surface area contributed by atoms with E-state index >= 15 is 0 Å². The summed E-state index contributed by atoms with van der Waals surface area (Å²) in [7, 11) is 0. The van der Waals surface area contributed by atoms with Crippen LogP contribution in [0.15, 0.2) is 28.9 Å². The van der Waals surface area contributed by atoms with Gasteiger partial charge in [-0.05, 0) is 25.3 Å². The van der Waals surface area contributed by atoms with Gasteiger partial charge in [0.05, 0.1) is 24.1 Å². The fraction of sp³-hybridized carbons (Fsp3) is 0.381. The van der Waals surface area contributed by atoms with Gasteiger partial charge in [0.1, 0.15) is 11.6 Å². The number of furan rings is 1. The van der Waals surface area contributed by atoms with E-state index in [1.807, 2.05) is 18.7 Å². The van der Waals surface area contributed by atoms with Crippen LogP contribution < -0.4 is 15.5 Å². The van der Waals surface area contributed by atoms with Crippen molar-refractivity contribution in [1.82, 2.24) is 15.3 Å². The molecule has 30 heavy (non-hydrogen) atoms. The number of halogens is 2. The predicted octanol–water partition coefficient (Wildman–Crippen LogP) is 4.54. The van der Waals surface area contributed by atoms with Crippen LogP contribution in [-0.2, 0) is 0 Å². The number of hydrogen-bond acceptors (Lipinski definition) is 5. The Labute approximate surface area is 172 Å². The standard InChI is InChI=1S/C21H23F2N5O2/c1-11(2)17(18-12(3)15-7-13(22)8-16(23)19(15)30-18)27-21(29)26-14-9-24-20(25-10-14)28-5-4-6-28/h7-11,17H,4-6H2,1-3H3,(H2,26,27,29). The smallest absolute Gasteiger partial charge is 0.319 e. The first-order chi connectivity index (χ1) is 14.3. The molecule has 1 aromatic carbocycles. The Morgan fingerprint density at radius 3 is 2.50 bits per heavy atom. The van der Waals surface area contributed by atoms with Crippen molar-refractivity contribution in [2.24, 2.45) is 5.92 Å². The Hall–Kier alpha value is -3.23. The van der Waals surface area contributed by atoms with E-state index in [4.69, 9.17) is 4.42 Å². The lowest BCUT2D eigenvalue weighted by molar-refractivity contribution is 0.241. The molecule has 0 aliphatic carbocycles. The molecule has 0 bridgehead atoms. The molecule has 3 heterocycles. The van der Waals surface area contributed by atoms with Crippen LogP contribution in [-0.4, -0.2) is 29.1 Å². The highest BCUT2D eigenvalue weighted by Crippen LogP contribution is 2.34. The highest BCUT2D eigenvalue weighted by molar-refractivity contribution is 5.89. The number of urea groups is 1. The number of carbonyl (C=O) groups is 1. The number of fused-ring (bicyclic) bond motifs is 1. The Morgan fingerprint density at radius 2 is 1.90 bits per heavy atom. The number of nitrogens with one attached hydrogen (secondary N) is 2. The molecule has 1 atom stereocenters. The maximum Gasteiger partial charge on any atom is 0.319 e. The molecule has 2 amide bonds. The summed E-state index contributed by atoms with van der Waals surface area (Å²) < 4.78 is 33.5. The maximum atomic E-state index is 14.1. The average Bonchev–Trinajstić information content (AvgIpc) is 2.97. The SMILES string of the molecule is Cc1c(C(NC(=O)Nc2cnc(N3CCC3)nc2)C(C)C)oc2c(F)cc(F)cc12. The molecule has 2 N–H and O–H groups in total. The van der Waals surface area contributed by atoms with Gasteiger partial charge < -0.3 is 20.0 Å². The fourth-order valence-electron chi connectivity index (χ4n) is 3.47. The van der Waals surface area contributed by atoms with Crippen molar-refractivity contribution in [3.05, 3.63) is 47.5 Å². The van der Waals surface area contributed by atoms with E-state index in [1.165, 1.54) is 6.07 Å². The molecule has 1 unspecified atom stereocenters. The monoisotopic (exact) mass is 415 g/mol. The van der Waals surface area contributed by atoms with Gasteiger partial charge in [-0.25, -0.2) is 23.5 Å². The van der Waals surface area contributed by atoms with Crippen molar-refractivity contribution >= 4 is 28.6 Å². The summed E-state index contributed by atoms with van der Waals surface area (Å²) in [6.45, 7) is 7.39. The number of carbonyl (C=O) groups excluding carboxylic acids is 1. The molecule has 7 nitrogen and oxygen atoms in total. The molecular formula is C21H23F2N5O2. The number of hydrogen-bond donors (Lipinski definition) is 2. The summed E-state index contributed by atoms with van der Waals surface area (Å²) in [5.41, 5.74) is 1.02. The van der Waals surface area contributed by atoms with Crippen LogP contribution in [0.25, 0.3) is 11.0 Å². The number of nitrogens with zero attached hydrogens (tertiary/aromatic N) is 3. The van der Waals surface area contributed by atoms with E-state index < -0.39 is 23.7 Å². The normalized spacial score (nSPS) is 14.7. The largest absolute Gasteiger partial charge is 0.455 e. The molecule has 158 valence electrons. The van der Waals surface area contributed by atoms with Crippen LogP contribution in [0.1, 0.15) is 37.6 Å². The molecule has 2 aromatic heterocycles. The van der Waals surface area contributed by atoms with E-state index in [0.29, 0.717) is 28.3 Å². The zero-order valence-corrected chi connectivity index (χ0v) is 17.0. The zero-order chi connectivity index (χ0) is 21.4. The lowest BCUT2D eigenvalue weighted by atomic mass is 9.98. The lowest BCUT2D eigenvalue weighted by Crippen LogP contribution is -2.38. The van der Waals surface area contributed by atoms with Gasteiger partial charge in [-0.15, -0.1) is 0 Å². The second-order valence-corrected chi connectivity index (χ2v) is 7.79. The molecule has 1 fully saturated rings. The Kier molecular flexibility index (Phi) is 5.27. The second-order valence-electron chi connectivity index (χ2n) is 7.79. The lowest BCUT2D eigenvalue weighted by Gasteiger charge is -2.30. The minimum Gasteiger partial charge on any atom is -0.455 e. The van der Waals surface area contributed by atoms with Crippen LogP contribution in [0.3, 0.4) is 0 Å². The highest BCUT2D eigenvalue weighted by atomic mass is 19.1. The van der Waals surface area contributed by atoms with Crippen molar-refractivity contribution in [2.45, 2.75) is 33.2 Å². The molecule has 9 heteroatoms. The summed E-state index contributed by atoms with van der Waals surface area (Å²) in [4.78, 5) is 23.1. The van der Waals surface area contributed by atoms with E-state index in [0.717, 1.165) is 25.6 Å². The van der Waals surface area contributed by atoms with Crippen molar-refractivity contribution in [3.63, 3.8) is 0 Å². The molecular weight excluding hydrogens is 392 g/mol. The van der Waals surface area contributed by atoms with Crippen molar-refractivity contribution in [2.75, 3.05) is 23.3 Å². The van der Waals surface area contributed by atoms with Crippen LogP contribution >= 0.6 is 0 Å². The van der Waals surface area contributed by atoms with Gasteiger partial charge in [0.15, 0.2) is 11.4 Å². The Morgan fingerprint density at radius 1 is 1.20 bits per heavy atom. The van der Waals surface area contributed by atoms with Gasteiger partial charge in [-0.3, -0.25) is 0 Å². The zero-order valence-electron chi connectivity index (χ0n) is 17.0. The summed E-state index contributed by atoms with van der Waals surface area (Å²) in [6, 6.07) is 1.00. The van der Waals surface area contributed by atoms with Crippen LogP contribution in [0, 0.1) is 24.5 Å². The maximum absolute atomic E-state index is 14.1. The van der Waals surface area contributed by atoms with Crippen LogP contribution in [0.4, 0.5) is 25.2 Å². The summed E-state index contributed by atoms with van der Waals surface area (Å²) in [6.07, 6.45) is 4.23. The van der Waals surface area contributed by atoms with Crippen molar-refractivity contribution in [3.8, 4) is 0 Å². The third-order valence-corrected chi connectivity index (χ3v) is 5.26. The Balaban J connectivity index is 1.52. The van der Waals surface area contributed by atoms with E-state index in [-0.39, 0.29) is 11.5 Å². The number of amides is 2. The summed E-state index contributed by atoms with van der Waals surface area (Å²) in [5.74, 6) is -0.480. The van der Waals surface area contributed by atoms with Gasteiger partial charge in [0, 0.05) is 30.1 Å². The number of aryl methyl sites for hydroxylation is 1. The number of rotatable bonds is 5. The topological polar surface area (TPSA) is 83.3 Å². The third kappa shape index (κ3) is 3.79. The first kappa shape index (κ1) is 20.1. The Bertz CT molecular complexity index is 1080. The molecule has 0 spiro atoms. The number of benzene rings is 1. The first-order valence-electron chi connectivity index (χ1n) is 9.86. The van der Waals surface area contributed by atoms with Gasteiger partial charge >= 0.3 is 6.03 Å². The summed E-state index contributed by atoms with van der Waals surface area (Å²) >= 11 is 0. The molecule has 1 aliphatic rings. The van der Waals surface area contributed by atoms with Gasteiger partial charge in [0.2, 0.25) is 5.95 Å². The predicted molar refractivity (Wildman–Crippen MR) is 109 cm³/mol. The van der Waals surface area contributed by atoms with Gasteiger partial charge in [-0.2, -0.15) is 0 Å². The van der Waals surface area contributed by atoms with Gasteiger partial charge in [0.25, 0.3) is 0 Å². The van der Waals surface area contributed by atoms with E-state index in [9.17, 15) is 13.6 Å². The van der Waals surface area contributed by atoms with Crippen molar-refractivity contribution < 1.29 is 18.0 Å². The third-order valence-electron chi connectivity index (χ3n) is 5.26. The molecule has 0 radical (unpaired) electrons. The van der Waals surface area contributed by atoms with Crippen molar-refractivity contribution in [1.29, 1.82) is 0 Å². The quantitative estimate of drug-likeness (QED) is 0.639.